The predicted molar refractivity (Wildman–Crippen MR) is 112 cm³/mol. The first-order chi connectivity index (χ1) is 14.2. The number of rotatable bonds is 8. The van der Waals surface area contributed by atoms with Gasteiger partial charge in [0.2, 0.25) is 11.7 Å². The van der Waals surface area contributed by atoms with E-state index in [9.17, 15) is 14.9 Å². The van der Waals surface area contributed by atoms with Crippen LogP contribution in [0.25, 0.3) is 0 Å². The summed E-state index contributed by atoms with van der Waals surface area (Å²) >= 11 is 0. The number of ether oxygens (including phenoxy) is 3. The van der Waals surface area contributed by atoms with Gasteiger partial charge in [-0.1, -0.05) is 12.1 Å². The number of hydrogen-bond donors (Lipinski definition) is 2. The number of nitriles is 1. The zero-order chi connectivity index (χ0) is 22.3. The van der Waals surface area contributed by atoms with Crippen LogP contribution in [0, 0.1) is 11.3 Å². The van der Waals surface area contributed by atoms with Gasteiger partial charge in [0.1, 0.15) is 0 Å². The van der Waals surface area contributed by atoms with E-state index < -0.39 is 11.3 Å². The fraction of sp³-hybridized carbons (Fsp3) is 0.318. The number of amides is 2. The lowest BCUT2D eigenvalue weighted by Crippen LogP contribution is -2.32. The zero-order valence-electron chi connectivity index (χ0n) is 17.7. The van der Waals surface area contributed by atoms with Crippen molar-refractivity contribution in [1.29, 1.82) is 5.26 Å². The van der Waals surface area contributed by atoms with Crippen molar-refractivity contribution in [3.8, 4) is 23.3 Å². The first kappa shape index (κ1) is 22.6. The summed E-state index contributed by atoms with van der Waals surface area (Å²) in [5.74, 6) is 0.203. The monoisotopic (exact) mass is 411 g/mol. The molecule has 0 atom stereocenters. The Morgan fingerprint density at radius 3 is 2.03 bits per heavy atom. The van der Waals surface area contributed by atoms with Crippen molar-refractivity contribution in [2.75, 3.05) is 33.2 Å². The molecule has 158 valence electrons. The maximum Gasteiger partial charge on any atom is 0.251 e. The molecule has 0 saturated carbocycles. The second-order valence-corrected chi connectivity index (χ2v) is 6.96. The van der Waals surface area contributed by atoms with E-state index in [-0.39, 0.29) is 18.0 Å². The van der Waals surface area contributed by atoms with Gasteiger partial charge in [-0.25, -0.2) is 0 Å². The van der Waals surface area contributed by atoms with E-state index in [1.807, 2.05) is 13.8 Å². The van der Waals surface area contributed by atoms with Gasteiger partial charge in [-0.3, -0.25) is 9.59 Å². The molecular formula is C22H25N3O5. The molecule has 2 aromatic rings. The summed E-state index contributed by atoms with van der Waals surface area (Å²) in [4.78, 5) is 24.6. The topological polar surface area (TPSA) is 110 Å². The number of nitrogens with one attached hydrogen (secondary N) is 2. The van der Waals surface area contributed by atoms with Crippen LogP contribution in [-0.2, 0) is 10.2 Å². The van der Waals surface area contributed by atoms with E-state index in [4.69, 9.17) is 14.2 Å². The van der Waals surface area contributed by atoms with Crippen LogP contribution in [0.3, 0.4) is 0 Å². The highest BCUT2D eigenvalue weighted by molar-refractivity contribution is 6.00. The molecule has 0 heterocycles. The Balaban J connectivity index is 2.01. The summed E-state index contributed by atoms with van der Waals surface area (Å²) in [6, 6.07) is 12.2. The van der Waals surface area contributed by atoms with Crippen molar-refractivity contribution < 1.29 is 23.8 Å². The minimum atomic E-state index is -0.614. The second kappa shape index (κ2) is 9.65. The van der Waals surface area contributed by atoms with Crippen LogP contribution >= 0.6 is 0 Å². The number of nitrogens with zero attached hydrogens (tertiary/aromatic N) is 1. The lowest BCUT2D eigenvalue weighted by Gasteiger charge is -2.16. The molecule has 2 aromatic carbocycles. The summed E-state index contributed by atoms with van der Waals surface area (Å²) in [5.41, 5.74) is 1.07. The Morgan fingerprint density at radius 2 is 1.57 bits per heavy atom. The van der Waals surface area contributed by atoms with Gasteiger partial charge in [-0.15, -0.1) is 0 Å². The number of carbonyl (C=O) groups excluding carboxylic acids is 2. The molecule has 2 N–H and O–H groups in total. The molecule has 0 unspecified atom stereocenters. The lowest BCUT2D eigenvalue weighted by molar-refractivity contribution is -0.115. The molecule has 8 heteroatoms. The Hall–Kier alpha value is -3.73. The van der Waals surface area contributed by atoms with E-state index >= 15 is 0 Å². The smallest absolute Gasteiger partial charge is 0.251 e. The highest BCUT2D eigenvalue weighted by Crippen LogP contribution is 2.38. The Bertz CT molecular complexity index is 937. The molecule has 0 saturated heterocycles. The Kier molecular flexibility index (Phi) is 7.26. The van der Waals surface area contributed by atoms with E-state index in [2.05, 4.69) is 16.7 Å². The first-order valence-corrected chi connectivity index (χ1v) is 9.15. The van der Waals surface area contributed by atoms with Crippen LogP contribution in [0.15, 0.2) is 36.4 Å². The molecule has 0 aliphatic rings. The lowest BCUT2D eigenvalue weighted by atomic mass is 9.86. The summed E-state index contributed by atoms with van der Waals surface area (Å²) in [6.07, 6.45) is 0. The van der Waals surface area contributed by atoms with Gasteiger partial charge in [0, 0.05) is 11.3 Å². The number of methoxy groups -OCH3 is 3. The van der Waals surface area contributed by atoms with Gasteiger partial charge in [0.15, 0.2) is 11.5 Å². The highest BCUT2D eigenvalue weighted by Gasteiger charge is 2.20. The van der Waals surface area contributed by atoms with Gasteiger partial charge in [0.05, 0.1) is 39.4 Å². The molecule has 8 nitrogen and oxygen atoms in total. The maximum atomic E-state index is 12.5. The molecule has 0 spiro atoms. The molecule has 0 radical (unpaired) electrons. The van der Waals surface area contributed by atoms with E-state index in [1.165, 1.54) is 33.5 Å². The SMILES string of the molecule is COc1cc(C(=O)NCC(=O)Nc2ccc(C(C)(C)C#N)cc2)cc(OC)c1OC. The molecule has 2 amide bonds. The number of hydrogen-bond acceptors (Lipinski definition) is 6. The van der Waals surface area contributed by atoms with Crippen LogP contribution in [0.2, 0.25) is 0 Å². The third-order valence-corrected chi connectivity index (χ3v) is 4.51. The number of carbonyl (C=O) groups is 2. The van der Waals surface area contributed by atoms with Gasteiger partial charge in [0.25, 0.3) is 5.91 Å². The maximum absolute atomic E-state index is 12.5. The summed E-state index contributed by atoms with van der Waals surface area (Å²) in [7, 11) is 4.38. The van der Waals surface area contributed by atoms with Crippen molar-refractivity contribution in [2.45, 2.75) is 19.3 Å². The van der Waals surface area contributed by atoms with Crippen LogP contribution < -0.4 is 24.8 Å². The average Bonchev–Trinajstić information content (AvgIpc) is 2.76. The standard InChI is InChI=1S/C22H25N3O5/c1-22(2,13-23)15-6-8-16(9-7-15)25-19(26)12-24-21(27)14-10-17(28-3)20(30-5)18(11-14)29-4/h6-11H,12H2,1-5H3,(H,24,27)(H,25,26). The van der Waals surface area contributed by atoms with Gasteiger partial charge in [-0.2, -0.15) is 5.26 Å². The summed E-state index contributed by atoms with van der Waals surface area (Å²) < 4.78 is 15.7. The van der Waals surface area contributed by atoms with Crippen molar-refractivity contribution in [3.63, 3.8) is 0 Å². The Morgan fingerprint density at radius 1 is 1.00 bits per heavy atom. The van der Waals surface area contributed by atoms with Gasteiger partial charge < -0.3 is 24.8 Å². The largest absolute Gasteiger partial charge is 0.493 e. The van der Waals surface area contributed by atoms with E-state index in [0.29, 0.717) is 22.9 Å². The van der Waals surface area contributed by atoms with Crippen LogP contribution in [0.1, 0.15) is 29.8 Å². The van der Waals surface area contributed by atoms with E-state index in [1.54, 1.807) is 24.3 Å². The normalized spacial score (nSPS) is 10.5. The third kappa shape index (κ3) is 5.20. The molecule has 30 heavy (non-hydrogen) atoms. The zero-order valence-corrected chi connectivity index (χ0v) is 17.7. The molecule has 0 aromatic heterocycles. The van der Waals surface area contributed by atoms with Crippen LogP contribution in [0.5, 0.6) is 17.2 Å². The molecule has 0 bridgehead atoms. The summed E-state index contributed by atoms with van der Waals surface area (Å²) in [6.45, 7) is 3.42. The Labute approximate surface area is 175 Å². The quantitative estimate of drug-likeness (QED) is 0.691. The minimum Gasteiger partial charge on any atom is -0.493 e. The third-order valence-electron chi connectivity index (χ3n) is 4.51. The van der Waals surface area contributed by atoms with Crippen molar-refractivity contribution >= 4 is 17.5 Å². The molecule has 0 aliphatic heterocycles. The second-order valence-electron chi connectivity index (χ2n) is 6.96. The molecule has 0 fully saturated rings. The van der Waals surface area contributed by atoms with Crippen molar-refractivity contribution in [3.05, 3.63) is 47.5 Å². The van der Waals surface area contributed by atoms with Gasteiger partial charge in [-0.05, 0) is 43.7 Å². The first-order valence-electron chi connectivity index (χ1n) is 9.15. The fourth-order valence-corrected chi connectivity index (χ4v) is 2.71. The van der Waals surface area contributed by atoms with E-state index in [0.717, 1.165) is 5.56 Å². The summed E-state index contributed by atoms with van der Waals surface area (Å²) in [5, 5.41) is 14.5. The van der Waals surface area contributed by atoms with Crippen molar-refractivity contribution in [2.24, 2.45) is 0 Å². The molecule has 2 rings (SSSR count). The van der Waals surface area contributed by atoms with Crippen LogP contribution in [0.4, 0.5) is 5.69 Å². The molecule has 0 aliphatic carbocycles. The fourth-order valence-electron chi connectivity index (χ4n) is 2.71. The van der Waals surface area contributed by atoms with Gasteiger partial charge >= 0.3 is 0 Å². The molecular weight excluding hydrogens is 386 g/mol. The minimum absolute atomic E-state index is 0.221. The predicted octanol–water partition coefficient (Wildman–Crippen LogP) is 2.88. The number of benzene rings is 2. The highest BCUT2D eigenvalue weighted by atomic mass is 16.5. The van der Waals surface area contributed by atoms with Crippen LogP contribution in [-0.4, -0.2) is 39.7 Å². The van der Waals surface area contributed by atoms with Crippen molar-refractivity contribution in [1.82, 2.24) is 5.32 Å². The number of anilines is 1. The average molecular weight is 411 g/mol.